The summed E-state index contributed by atoms with van der Waals surface area (Å²) in [4.78, 5) is 16.7. The number of nitrogens with zero attached hydrogens (tertiary/aromatic N) is 2. The topological polar surface area (TPSA) is 54.0 Å². The van der Waals surface area contributed by atoms with Crippen LogP contribution in [0.2, 0.25) is 0 Å². The minimum absolute atomic E-state index is 0.0651. The second kappa shape index (κ2) is 7.15. The average molecular weight is 353 g/mol. The lowest BCUT2D eigenvalue weighted by atomic mass is 10.0. The van der Waals surface area contributed by atoms with Crippen LogP contribution in [-0.2, 0) is 0 Å². The molecule has 1 saturated heterocycles. The van der Waals surface area contributed by atoms with Crippen LogP contribution in [0.15, 0.2) is 48.5 Å². The smallest absolute Gasteiger partial charge is 0.321 e. The third kappa shape index (κ3) is 3.40. The minimum Gasteiger partial charge on any atom is -0.454 e. The number of carbonyl (C=O) groups excluding carboxylic acids is 1. The van der Waals surface area contributed by atoms with E-state index in [1.807, 2.05) is 23.1 Å². The summed E-state index contributed by atoms with van der Waals surface area (Å²) in [6.07, 6.45) is 1.92. The summed E-state index contributed by atoms with van der Waals surface area (Å²) in [5.74, 6) is 1.39. The van der Waals surface area contributed by atoms with E-state index in [-0.39, 0.29) is 12.8 Å². The van der Waals surface area contributed by atoms with Crippen molar-refractivity contribution >= 4 is 17.4 Å². The van der Waals surface area contributed by atoms with Crippen LogP contribution in [0.5, 0.6) is 11.5 Å². The summed E-state index contributed by atoms with van der Waals surface area (Å²) in [6, 6.07) is 16.2. The molecule has 0 aliphatic carbocycles. The quantitative estimate of drug-likeness (QED) is 0.917. The van der Waals surface area contributed by atoms with Gasteiger partial charge in [0, 0.05) is 43.6 Å². The Bertz CT molecular complexity index is 773. The Morgan fingerprint density at radius 3 is 2.58 bits per heavy atom. The molecule has 1 N–H and O–H groups in total. The van der Waals surface area contributed by atoms with E-state index in [4.69, 9.17) is 9.47 Å². The standard InChI is InChI=1S/C20H23N3O3/c1-22(16-5-3-2-4-6-16)17-9-11-23(12-10-17)20(24)21-15-7-8-18-19(13-15)26-14-25-18/h2-8,13,17H,9-12,14H2,1H3,(H,21,24). The van der Waals surface area contributed by atoms with Crippen molar-refractivity contribution < 1.29 is 14.3 Å². The number of piperidine rings is 1. The van der Waals surface area contributed by atoms with Gasteiger partial charge in [-0.05, 0) is 37.1 Å². The van der Waals surface area contributed by atoms with Crippen LogP contribution >= 0.6 is 0 Å². The zero-order valence-electron chi connectivity index (χ0n) is 14.9. The predicted molar refractivity (Wildman–Crippen MR) is 101 cm³/mol. The van der Waals surface area contributed by atoms with Crippen molar-refractivity contribution in [2.45, 2.75) is 18.9 Å². The van der Waals surface area contributed by atoms with Crippen molar-refractivity contribution in [3.8, 4) is 11.5 Å². The number of fused-ring (bicyclic) bond motifs is 1. The molecule has 0 aromatic heterocycles. The number of para-hydroxylation sites is 1. The monoisotopic (exact) mass is 353 g/mol. The predicted octanol–water partition coefficient (Wildman–Crippen LogP) is 3.55. The molecule has 0 spiro atoms. The van der Waals surface area contributed by atoms with Gasteiger partial charge in [-0.1, -0.05) is 18.2 Å². The van der Waals surface area contributed by atoms with Gasteiger partial charge in [-0.25, -0.2) is 4.79 Å². The van der Waals surface area contributed by atoms with Crippen molar-refractivity contribution in [3.05, 3.63) is 48.5 Å². The van der Waals surface area contributed by atoms with Gasteiger partial charge in [0.1, 0.15) is 0 Å². The lowest BCUT2D eigenvalue weighted by molar-refractivity contribution is 0.174. The Labute approximate surface area is 153 Å². The molecule has 2 heterocycles. The van der Waals surface area contributed by atoms with Gasteiger partial charge in [-0.2, -0.15) is 0 Å². The first-order valence-electron chi connectivity index (χ1n) is 8.94. The molecule has 6 heteroatoms. The SMILES string of the molecule is CN(c1ccccc1)C1CCN(C(=O)Nc2ccc3c(c2)OCO3)CC1. The van der Waals surface area contributed by atoms with E-state index in [2.05, 4.69) is 41.5 Å². The van der Waals surface area contributed by atoms with Gasteiger partial charge in [-0.15, -0.1) is 0 Å². The summed E-state index contributed by atoms with van der Waals surface area (Å²) < 4.78 is 10.7. The number of amides is 2. The van der Waals surface area contributed by atoms with Crippen molar-refractivity contribution in [1.82, 2.24) is 4.90 Å². The summed E-state index contributed by atoms with van der Waals surface area (Å²) in [5.41, 5.74) is 1.94. The van der Waals surface area contributed by atoms with E-state index in [1.165, 1.54) is 5.69 Å². The molecule has 2 amide bonds. The van der Waals surface area contributed by atoms with Crippen LogP contribution < -0.4 is 19.7 Å². The van der Waals surface area contributed by atoms with Gasteiger partial charge in [0.15, 0.2) is 11.5 Å². The van der Waals surface area contributed by atoms with E-state index in [0.717, 1.165) is 31.6 Å². The normalized spacial score (nSPS) is 16.4. The van der Waals surface area contributed by atoms with Gasteiger partial charge >= 0.3 is 6.03 Å². The van der Waals surface area contributed by atoms with E-state index in [1.54, 1.807) is 6.07 Å². The summed E-state index contributed by atoms with van der Waals surface area (Å²) in [7, 11) is 2.13. The van der Waals surface area contributed by atoms with Crippen LogP contribution in [0.4, 0.5) is 16.2 Å². The van der Waals surface area contributed by atoms with Gasteiger partial charge in [0.25, 0.3) is 0 Å². The van der Waals surface area contributed by atoms with Gasteiger partial charge in [-0.3, -0.25) is 0 Å². The molecular formula is C20H23N3O3. The van der Waals surface area contributed by atoms with Crippen LogP contribution in [0.25, 0.3) is 0 Å². The molecule has 0 atom stereocenters. The molecule has 0 unspecified atom stereocenters. The van der Waals surface area contributed by atoms with Crippen LogP contribution in [0, 0.1) is 0 Å². The first-order valence-corrected chi connectivity index (χ1v) is 8.94. The molecule has 1 fully saturated rings. The van der Waals surface area contributed by atoms with Gasteiger partial charge in [0.2, 0.25) is 6.79 Å². The molecule has 0 saturated carbocycles. The molecule has 6 nitrogen and oxygen atoms in total. The highest BCUT2D eigenvalue weighted by Gasteiger charge is 2.25. The maximum atomic E-state index is 12.5. The van der Waals surface area contributed by atoms with E-state index in [0.29, 0.717) is 17.5 Å². The third-order valence-electron chi connectivity index (χ3n) is 5.09. The second-order valence-electron chi connectivity index (χ2n) is 6.66. The highest BCUT2D eigenvalue weighted by molar-refractivity contribution is 5.89. The Kier molecular flexibility index (Phi) is 4.56. The highest BCUT2D eigenvalue weighted by Crippen LogP contribution is 2.34. The molecule has 26 heavy (non-hydrogen) atoms. The molecule has 4 rings (SSSR count). The van der Waals surface area contributed by atoms with Crippen molar-refractivity contribution in [2.24, 2.45) is 0 Å². The lowest BCUT2D eigenvalue weighted by Gasteiger charge is -2.37. The van der Waals surface area contributed by atoms with Crippen molar-refractivity contribution in [1.29, 1.82) is 0 Å². The first kappa shape index (κ1) is 16.6. The Morgan fingerprint density at radius 2 is 1.81 bits per heavy atom. The van der Waals surface area contributed by atoms with Crippen LogP contribution in [0.3, 0.4) is 0 Å². The van der Waals surface area contributed by atoms with Crippen molar-refractivity contribution in [2.75, 3.05) is 37.1 Å². The Morgan fingerprint density at radius 1 is 1.08 bits per heavy atom. The third-order valence-corrected chi connectivity index (χ3v) is 5.09. The number of nitrogens with one attached hydrogen (secondary N) is 1. The number of likely N-dealkylation sites (tertiary alicyclic amines) is 1. The first-order chi connectivity index (χ1) is 12.7. The number of anilines is 2. The van der Waals surface area contributed by atoms with Crippen LogP contribution in [0.1, 0.15) is 12.8 Å². The summed E-state index contributed by atoms with van der Waals surface area (Å²) in [6.45, 7) is 1.73. The lowest BCUT2D eigenvalue weighted by Crippen LogP contribution is -2.47. The molecule has 2 aromatic carbocycles. The maximum absolute atomic E-state index is 12.5. The number of ether oxygens (including phenoxy) is 2. The van der Waals surface area contributed by atoms with E-state index < -0.39 is 0 Å². The summed E-state index contributed by atoms with van der Waals surface area (Å²) >= 11 is 0. The molecule has 2 aliphatic heterocycles. The zero-order valence-corrected chi connectivity index (χ0v) is 14.9. The summed E-state index contributed by atoms with van der Waals surface area (Å²) in [5, 5.41) is 2.95. The second-order valence-corrected chi connectivity index (χ2v) is 6.66. The molecule has 0 radical (unpaired) electrons. The van der Waals surface area contributed by atoms with Gasteiger partial charge in [0.05, 0.1) is 0 Å². The number of hydrogen-bond donors (Lipinski definition) is 1. The van der Waals surface area contributed by atoms with Gasteiger partial charge < -0.3 is 24.6 Å². The molecule has 2 aliphatic rings. The average Bonchev–Trinajstić information content (AvgIpc) is 3.16. The minimum atomic E-state index is -0.0651. The molecular weight excluding hydrogens is 330 g/mol. The Hall–Kier alpha value is -2.89. The fraction of sp³-hybridized carbons (Fsp3) is 0.350. The number of urea groups is 1. The number of hydrogen-bond acceptors (Lipinski definition) is 4. The van der Waals surface area contributed by atoms with Crippen LogP contribution in [-0.4, -0.2) is 43.9 Å². The van der Waals surface area contributed by atoms with Crippen molar-refractivity contribution in [3.63, 3.8) is 0 Å². The highest BCUT2D eigenvalue weighted by atomic mass is 16.7. The fourth-order valence-corrected chi connectivity index (χ4v) is 3.51. The number of carbonyl (C=O) groups is 1. The van der Waals surface area contributed by atoms with E-state index in [9.17, 15) is 4.79 Å². The Balaban J connectivity index is 1.32. The van der Waals surface area contributed by atoms with E-state index >= 15 is 0 Å². The largest absolute Gasteiger partial charge is 0.454 e. The fourth-order valence-electron chi connectivity index (χ4n) is 3.51. The molecule has 2 aromatic rings. The number of benzene rings is 2. The zero-order chi connectivity index (χ0) is 17.9. The maximum Gasteiger partial charge on any atom is 0.321 e. The molecule has 136 valence electrons. The molecule has 0 bridgehead atoms. The number of rotatable bonds is 3.